The van der Waals surface area contributed by atoms with Crippen LogP contribution in [0.2, 0.25) is 0 Å². The average molecular weight is 747 g/mol. The lowest BCUT2D eigenvalue weighted by molar-refractivity contribution is -0.154. The molecule has 0 aromatic heterocycles. The molecule has 0 aromatic rings. The number of rotatable bonds is 45. The van der Waals surface area contributed by atoms with Crippen molar-refractivity contribution >= 4 is 5.97 Å². The quantitative estimate of drug-likeness (QED) is 0.0383. The molecular weight excluding hydrogens is 653 g/mol. The molecule has 0 saturated heterocycles. The molecule has 0 fully saturated rings. The zero-order chi connectivity index (χ0) is 38.4. The number of hydrogen-bond donors (Lipinski definition) is 1. The minimum Gasteiger partial charge on any atom is -0.457 e. The molecule has 0 spiro atoms. The van der Waals surface area contributed by atoms with Gasteiger partial charge < -0.3 is 14.6 Å². The molecule has 4 nitrogen and oxygen atoms in total. The predicted molar refractivity (Wildman–Crippen MR) is 233 cm³/mol. The van der Waals surface area contributed by atoms with Gasteiger partial charge in [0.05, 0.1) is 13.2 Å². The van der Waals surface area contributed by atoms with Crippen LogP contribution in [0.15, 0.2) is 24.3 Å². The summed E-state index contributed by atoms with van der Waals surface area (Å²) in [5.74, 6) is -0.197. The van der Waals surface area contributed by atoms with E-state index in [-0.39, 0.29) is 12.6 Å². The molecule has 314 valence electrons. The minimum absolute atomic E-state index is 0.170. The van der Waals surface area contributed by atoms with Crippen LogP contribution in [0.3, 0.4) is 0 Å². The monoisotopic (exact) mass is 747 g/mol. The first-order chi connectivity index (χ1) is 26.2. The maximum Gasteiger partial charge on any atom is 0.306 e. The topological polar surface area (TPSA) is 55.8 Å². The second-order valence-corrected chi connectivity index (χ2v) is 16.2. The zero-order valence-electron chi connectivity index (χ0n) is 36.1. The van der Waals surface area contributed by atoms with Gasteiger partial charge in [-0.05, 0) is 44.9 Å². The molecule has 0 aliphatic carbocycles. The number of carbonyl (C=O) groups excluding carboxylic acids is 1. The smallest absolute Gasteiger partial charge is 0.306 e. The minimum atomic E-state index is -0.533. The van der Waals surface area contributed by atoms with Gasteiger partial charge in [-0.3, -0.25) is 4.79 Å². The molecule has 0 heterocycles. The standard InChI is InChI=1S/C49H94O4/c1-3-5-7-9-11-13-15-17-19-21-23-24-25-26-28-30-32-34-36-38-40-42-44-49(51)53-48(46-50)47-52-45-43-41-39-37-35-33-31-29-27-22-20-18-16-14-12-10-8-6-4-2/h14,16,20,22,48,50H,3-13,15,17-19,21,23-47H2,1-2H3/b16-14-,22-20-. The first-order valence-corrected chi connectivity index (χ1v) is 23.9. The van der Waals surface area contributed by atoms with Crippen molar-refractivity contribution in [2.24, 2.45) is 0 Å². The summed E-state index contributed by atoms with van der Waals surface area (Å²) in [6, 6.07) is 0. The van der Waals surface area contributed by atoms with Crippen LogP contribution in [0, 0.1) is 0 Å². The Balaban J connectivity index is 3.38. The SMILES string of the molecule is CCCCCC/C=C\C/C=C\CCCCCCCCCCOCC(CO)OC(=O)CCCCCCCCCCCCCCCCCCCCCCCC. The van der Waals surface area contributed by atoms with Gasteiger partial charge in [0.1, 0.15) is 6.10 Å². The average Bonchev–Trinajstić information content (AvgIpc) is 3.16. The zero-order valence-corrected chi connectivity index (χ0v) is 36.1. The number of esters is 1. The number of carbonyl (C=O) groups is 1. The fraction of sp³-hybridized carbons (Fsp3) is 0.898. The third kappa shape index (κ3) is 45.2. The van der Waals surface area contributed by atoms with Gasteiger partial charge in [0, 0.05) is 13.0 Å². The Labute approximate surface area is 332 Å². The lowest BCUT2D eigenvalue weighted by atomic mass is 10.0. The van der Waals surface area contributed by atoms with Gasteiger partial charge in [-0.15, -0.1) is 0 Å². The molecule has 0 aliphatic rings. The Morgan fingerprint density at radius 3 is 1.19 bits per heavy atom. The van der Waals surface area contributed by atoms with Crippen LogP contribution in [-0.2, 0) is 14.3 Å². The summed E-state index contributed by atoms with van der Waals surface area (Å²) in [5.41, 5.74) is 0. The van der Waals surface area contributed by atoms with E-state index < -0.39 is 6.10 Å². The van der Waals surface area contributed by atoms with E-state index in [0.717, 1.165) is 25.7 Å². The molecule has 0 radical (unpaired) electrons. The van der Waals surface area contributed by atoms with E-state index in [4.69, 9.17) is 9.47 Å². The molecule has 1 atom stereocenters. The van der Waals surface area contributed by atoms with Gasteiger partial charge in [-0.1, -0.05) is 231 Å². The van der Waals surface area contributed by atoms with E-state index in [0.29, 0.717) is 19.6 Å². The summed E-state index contributed by atoms with van der Waals surface area (Å²) in [6.45, 7) is 5.36. The molecule has 4 heteroatoms. The highest BCUT2D eigenvalue weighted by atomic mass is 16.6. The van der Waals surface area contributed by atoms with E-state index in [2.05, 4.69) is 38.2 Å². The molecular formula is C49H94O4. The van der Waals surface area contributed by atoms with Gasteiger partial charge in [-0.25, -0.2) is 0 Å². The molecule has 1 unspecified atom stereocenters. The summed E-state index contributed by atoms with van der Waals surface area (Å²) >= 11 is 0. The Hall–Kier alpha value is -1.13. The first-order valence-electron chi connectivity index (χ1n) is 23.9. The van der Waals surface area contributed by atoms with Crippen molar-refractivity contribution in [1.29, 1.82) is 0 Å². The lowest BCUT2D eigenvalue weighted by Crippen LogP contribution is -2.27. The Morgan fingerprint density at radius 1 is 0.453 bits per heavy atom. The summed E-state index contributed by atoms with van der Waals surface area (Å²) < 4.78 is 11.2. The number of ether oxygens (including phenoxy) is 2. The van der Waals surface area contributed by atoms with Crippen LogP contribution in [0.4, 0.5) is 0 Å². The van der Waals surface area contributed by atoms with Crippen LogP contribution < -0.4 is 0 Å². The lowest BCUT2D eigenvalue weighted by Gasteiger charge is -2.16. The normalized spacial score (nSPS) is 12.4. The summed E-state index contributed by atoms with van der Waals surface area (Å²) in [5, 5.41) is 9.63. The molecule has 0 aliphatic heterocycles. The number of allylic oxidation sites excluding steroid dienone is 4. The Kier molecular flexibility index (Phi) is 46.0. The van der Waals surface area contributed by atoms with Crippen molar-refractivity contribution in [1.82, 2.24) is 0 Å². The molecule has 0 amide bonds. The first kappa shape index (κ1) is 51.9. The maximum absolute atomic E-state index is 12.2. The fourth-order valence-electron chi connectivity index (χ4n) is 7.18. The van der Waals surface area contributed by atoms with Crippen LogP contribution >= 0.6 is 0 Å². The number of aliphatic hydroxyl groups is 1. The third-order valence-electron chi connectivity index (χ3n) is 10.8. The number of unbranched alkanes of at least 4 members (excludes halogenated alkanes) is 33. The van der Waals surface area contributed by atoms with Gasteiger partial charge in [0.25, 0.3) is 0 Å². The molecule has 0 rings (SSSR count). The van der Waals surface area contributed by atoms with E-state index in [1.807, 2.05) is 0 Å². The second kappa shape index (κ2) is 47.0. The fourth-order valence-corrected chi connectivity index (χ4v) is 7.18. The predicted octanol–water partition coefficient (Wildman–Crippen LogP) is 15.9. The largest absolute Gasteiger partial charge is 0.457 e. The van der Waals surface area contributed by atoms with Crippen molar-refractivity contribution in [3.8, 4) is 0 Å². The van der Waals surface area contributed by atoms with E-state index in [1.54, 1.807) is 0 Å². The van der Waals surface area contributed by atoms with Crippen molar-refractivity contribution < 1.29 is 19.4 Å². The number of hydrogen-bond acceptors (Lipinski definition) is 4. The van der Waals surface area contributed by atoms with E-state index in [9.17, 15) is 9.90 Å². The van der Waals surface area contributed by atoms with Crippen molar-refractivity contribution in [2.45, 2.75) is 264 Å². The van der Waals surface area contributed by atoms with Crippen LogP contribution in [0.5, 0.6) is 0 Å². The van der Waals surface area contributed by atoms with Crippen LogP contribution in [0.1, 0.15) is 258 Å². The molecule has 0 aromatic carbocycles. The third-order valence-corrected chi connectivity index (χ3v) is 10.8. The summed E-state index contributed by atoms with van der Waals surface area (Å²) in [4.78, 5) is 12.2. The maximum atomic E-state index is 12.2. The summed E-state index contributed by atoms with van der Waals surface area (Å²) in [6.07, 6.45) is 58.3. The molecule has 0 bridgehead atoms. The van der Waals surface area contributed by atoms with Crippen molar-refractivity contribution in [3.63, 3.8) is 0 Å². The van der Waals surface area contributed by atoms with Crippen LogP contribution in [-0.4, -0.2) is 37.0 Å². The highest BCUT2D eigenvalue weighted by molar-refractivity contribution is 5.69. The Morgan fingerprint density at radius 2 is 0.792 bits per heavy atom. The van der Waals surface area contributed by atoms with Gasteiger partial charge in [-0.2, -0.15) is 0 Å². The number of aliphatic hydroxyl groups excluding tert-OH is 1. The molecule has 0 saturated carbocycles. The van der Waals surface area contributed by atoms with E-state index >= 15 is 0 Å². The Bertz CT molecular complexity index is 747. The highest BCUT2D eigenvalue weighted by Gasteiger charge is 2.13. The van der Waals surface area contributed by atoms with Crippen molar-refractivity contribution in [3.05, 3.63) is 24.3 Å². The van der Waals surface area contributed by atoms with Gasteiger partial charge >= 0.3 is 5.97 Å². The highest BCUT2D eigenvalue weighted by Crippen LogP contribution is 2.16. The second-order valence-electron chi connectivity index (χ2n) is 16.2. The van der Waals surface area contributed by atoms with Crippen molar-refractivity contribution in [2.75, 3.05) is 19.8 Å². The summed E-state index contributed by atoms with van der Waals surface area (Å²) in [7, 11) is 0. The molecule has 1 N–H and O–H groups in total. The van der Waals surface area contributed by atoms with Crippen LogP contribution in [0.25, 0.3) is 0 Å². The molecule has 53 heavy (non-hydrogen) atoms. The van der Waals surface area contributed by atoms with Gasteiger partial charge in [0.2, 0.25) is 0 Å². The van der Waals surface area contributed by atoms with Gasteiger partial charge in [0.15, 0.2) is 0 Å². The van der Waals surface area contributed by atoms with E-state index in [1.165, 1.54) is 212 Å².